The molecule has 1 aliphatic rings. The van der Waals surface area contributed by atoms with E-state index in [0.29, 0.717) is 19.7 Å². The summed E-state index contributed by atoms with van der Waals surface area (Å²) in [4.78, 5) is 4.45. The molecule has 0 radical (unpaired) electrons. The zero-order valence-electron chi connectivity index (χ0n) is 17.4. The molecule has 0 bridgehead atoms. The van der Waals surface area contributed by atoms with E-state index in [1.54, 1.807) is 7.11 Å². The smallest absolute Gasteiger partial charge is 0.161 e. The third kappa shape index (κ3) is 6.72. The largest absolute Gasteiger partial charge is 0.493 e. The van der Waals surface area contributed by atoms with Gasteiger partial charge in [0.25, 0.3) is 0 Å². The Hall–Kier alpha value is -2.12. The summed E-state index contributed by atoms with van der Waals surface area (Å²) in [5, 5.41) is 10.4. The van der Waals surface area contributed by atoms with E-state index in [2.05, 4.69) is 15.9 Å². The number of methoxy groups -OCH3 is 1. The number of hydrogen-bond acceptors (Lipinski definition) is 6. The first kappa shape index (κ1) is 21.6. The van der Waals surface area contributed by atoms with Crippen LogP contribution in [0.4, 0.5) is 0 Å². The van der Waals surface area contributed by atoms with E-state index >= 15 is 0 Å². The van der Waals surface area contributed by atoms with Gasteiger partial charge in [0.1, 0.15) is 6.61 Å². The summed E-state index contributed by atoms with van der Waals surface area (Å²) in [6.07, 6.45) is -0.508. The molecule has 2 aromatic carbocycles. The van der Waals surface area contributed by atoms with Gasteiger partial charge in [0.05, 0.1) is 26.4 Å². The van der Waals surface area contributed by atoms with Gasteiger partial charge >= 0.3 is 0 Å². The zero-order valence-corrected chi connectivity index (χ0v) is 17.4. The van der Waals surface area contributed by atoms with Gasteiger partial charge in [-0.25, -0.2) is 0 Å². The van der Waals surface area contributed by atoms with Gasteiger partial charge in [-0.3, -0.25) is 9.80 Å². The van der Waals surface area contributed by atoms with Crippen LogP contribution in [0.15, 0.2) is 48.5 Å². The third-order valence-electron chi connectivity index (χ3n) is 5.12. The van der Waals surface area contributed by atoms with E-state index in [9.17, 15) is 5.11 Å². The number of ether oxygens (including phenoxy) is 3. The third-order valence-corrected chi connectivity index (χ3v) is 5.12. The standard InChI is InChI=1S/C23H32N2O4/c1-24(18-21(26)20-6-4-3-5-7-20)17-19-8-9-22(23(16-19)27-2)29-15-12-25-10-13-28-14-11-25/h3-9,16,21,26H,10-15,17-18H2,1-2H3/t21-/m1/s1. The van der Waals surface area contributed by atoms with E-state index in [4.69, 9.17) is 14.2 Å². The Kier molecular flexibility index (Phi) is 8.31. The number of aliphatic hydroxyl groups is 1. The van der Waals surface area contributed by atoms with E-state index < -0.39 is 6.10 Å². The highest BCUT2D eigenvalue weighted by molar-refractivity contribution is 5.43. The first-order valence-electron chi connectivity index (χ1n) is 10.2. The molecule has 1 saturated heterocycles. The van der Waals surface area contributed by atoms with Crippen molar-refractivity contribution in [1.82, 2.24) is 9.80 Å². The highest BCUT2D eigenvalue weighted by Crippen LogP contribution is 2.28. The molecule has 158 valence electrons. The van der Waals surface area contributed by atoms with Crippen molar-refractivity contribution in [2.45, 2.75) is 12.6 Å². The second-order valence-corrected chi connectivity index (χ2v) is 7.41. The van der Waals surface area contributed by atoms with E-state index in [1.807, 2.05) is 49.5 Å². The number of morpholine rings is 1. The summed E-state index contributed by atoms with van der Waals surface area (Å²) in [5.74, 6) is 1.50. The Morgan fingerprint density at radius 1 is 1.10 bits per heavy atom. The maximum absolute atomic E-state index is 10.4. The molecule has 0 aromatic heterocycles. The molecule has 1 aliphatic heterocycles. The molecular weight excluding hydrogens is 368 g/mol. The van der Waals surface area contributed by atoms with Gasteiger partial charge in [0.2, 0.25) is 0 Å². The summed E-state index contributed by atoms with van der Waals surface area (Å²) in [7, 11) is 3.67. The average Bonchev–Trinajstić information content (AvgIpc) is 2.76. The molecule has 3 rings (SSSR count). The van der Waals surface area contributed by atoms with Gasteiger partial charge in [-0.1, -0.05) is 36.4 Å². The normalized spacial score (nSPS) is 16.0. The van der Waals surface area contributed by atoms with Crippen molar-refractivity contribution in [1.29, 1.82) is 0 Å². The lowest BCUT2D eigenvalue weighted by molar-refractivity contribution is 0.0321. The first-order chi connectivity index (χ1) is 14.2. The molecule has 29 heavy (non-hydrogen) atoms. The number of likely N-dealkylation sites (N-methyl/N-ethyl adjacent to an activating group) is 1. The van der Waals surface area contributed by atoms with Crippen molar-refractivity contribution in [3.05, 3.63) is 59.7 Å². The molecule has 1 atom stereocenters. The van der Waals surface area contributed by atoms with E-state index in [1.165, 1.54) is 0 Å². The Labute approximate surface area is 173 Å². The van der Waals surface area contributed by atoms with Crippen LogP contribution in [-0.4, -0.2) is 75.1 Å². The molecule has 6 heteroatoms. The SMILES string of the molecule is COc1cc(CN(C)C[C@@H](O)c2ccccc2)ccc1OCCN1CCOCC1. The molecule has 1 fully saturated rings. The Morgan fingerprint density at radius 3 is 2.59 bits per heavy atom. The number of benzene rings is 2. The van der Waals surface area contributed by atoms with Crippen LogP contribution < -0.4 is 9.47 Å². The highest BCUT2D eigenvalue weighted by Gasteiger charge is 2.13. The molecule has 0 unspecified atom stereocenters. The predicted octanol–water partition coefficient (Wildman–Crippen LogP) is 2.57. The minimum Gasteiger partial charge on any atom is -0.493 e. The second kappa shape index (κ2) is 11.2. The van der Waals surface area contributed by atoms with Crippen molar-refractivity contribution in [2.24, 2.45) is 0 Å². The number of nitrogens with zero attached hydrogens (tertiary/aromatic N) is 2. The van der Waals surface area contributed by atoms with Crippen molar-refractivity contribution >= 4 is 0 Å². The summed E-state index contributed by atoms with van der Waals surface area (Å²) >= 11 is 0. The lowest BCUT2D eigenvalue weighted by atomic mass is 10.1. The maximum atomic E-state index is 10.4. The van der Waals surface area contributed by atoms with Crippen LogP contribution in [0.5, 0.6) is 11.5 Å². The van der Waals surface area contributed by atoms with Crippen LogP contribution in [0.2, 0.25) is 0 Å². The number of rotatable bonds is 10. The molecule has 0 saturated carbocycles. The molecule has 1 heterocycles. The fourth-order valence-corrected chi connectivity index (χ4v) is 3.49. The van der Waals surface area contributed by atoms with Crippen LogP contribution >= 0.6 is 0 Å². The lowest BCUT2D eigenvalue weighted by Gasteiger charge is -2.26. The van der Waals surface area contributed by atoms with Crippen LogP contribution in [0.25, 0.3) is 0 Å². The monoisotopic (exact) mass is 400 g/mol. The van der Waals surface area contributed by atoms with E-state index in [-0.39, 0.29) is 0 Å². The topological polar surface area (TPSA) is 54.4 Å². The summed E-state index contributed by atoms with van der Waals surface area (Å²) in [5.41, 5.74) is 2.05. The first-order valence-corrected chi connectivity index (χ1v) is 10.2. The minimum atomic E-state index is -0.508. The second-order valence-electron chi connectivity index (χ2n) is 7.41. The predicted molar refractivity (Wildman–Crippen MR) is 113 cm³/mol. The lowest BCUT2D eigenvalue weighted by Crippen LogP contribution is -2.38. The van der Waals surface area contributed by atoms with Gasteiger partial charge in [0.15, 0.2) is 11.5 Å². The Balaban J connectivity index is 1.50. The van der Waals surface area contributed by atoms with Crippen molar-refractivity contribution < 1.29 is 19.3 Å². The molecule has 0 aliphatic carbocycles. The number of hydrogen-bond donors (Lipinski definition) is 1. The Bertz CT molecular complexity index is 735. The highest BCUT2D eigenvalue weighted by atomic mass is 16.5. The van der Waals surface area contributed by atoms with Crippen LogP contribution in [0, 0.1) is 0 Å². The summed E-state index contributed by atoms with van der Waals surface area (Å²) in [6.45, 7) is 6.29. The van der Waals surface area contributed by atoms with Crippen molar-refractivity contribution in [2.75, 3.05) is 60.2 Å². The fourth-order valence-electron chi connectivity index (χ4n) is 3.49. The van der Waals surface area contributed by atoms with Crippen LogP contribution in [-0.2, 0) is 11.3 Å². The van der Waals surface area contributed by atoms with Gasteiger partial charge in [-0.2, -0.15) is 0 Å². The van der Waals surface area contributed by atoms with Gasteiger partial charge in [-0.15, -0.1) is 0 Å². The molecular formula is C23H32N2O4. The van der Waals surface area contributed by atoms with Crippen molar-refractivity contribution in [3.63, 3.8) is 0 Å². The Morgan fingerprint density at radius 2 is 1.86 bits per heavy atom. The molecule has 0 spiro atoms. The summed E-state index contributed by atoms with van der Waals surface area (Å²) < 4.78 is 16.9. The maximum Gasteiger partial charge on any atom is 0.161 e. The molecule has 1 N–H and O–H groups in total. The van der Waals surface area contributed by atoms with Crippen LogP contribution in [0.3, 0.4) is 0 Å². The minimum absolute atomic E-state index is 0.508. The zero-order chi connectivity index (χ0) is 20.5. The van der Waals surface area contributed by atoms with Crippen LogP contribution in [0.1, 0.15) is 17.2 Å². The van der Waals surface area contributed by atoms with E-state index in [0.717, 1.165) is 55.5 Å². The van der Waals surface area contributed by atoms with Gasteiger partial charge in [0, 0.05) is 32.7 Å². The fraction of sp³-hybridized carbons (Fsp3) is 0.478. The van der Waals surface area contributed by atoms with Crippen molar-refractivity contribution in [3.8, 4) is 11.5 Å². The molecule has 0 amide bonds. The number of aliphatic hydroxyl groups excluding tert-OH is 1. The van der Waals surface area contributed by atoms with Gasteiger partial charge in [-0.05, 0) is 30.3 Å². The molecule has 2 aromatic rings. The van der Waals surface area contributed by atoms with Gasteiger partial charge < -0.3 is 19.3 Å². The molecule has 6 nitrogen and oxygen atoms in total. The summed E-state index contributed by atoms with van der Waals surface area (Å²) in [6, 6.07) is 15.8. The average molecular weight is 401 g/mol. The quantitative estimate of drug-likeness (QED) is 0.662.